The van der Waals surface area contributed by atoms with Crippen LogP contribution in [-0.2, 0) is 0 Å². The number of rotatable bonds is 4. The highest BCUT2D eigenvalue weighted by Crippen LogP contribution is 2.35. The van der Waals surface area contributed by atoms with Crippen LogP contribution in [-0.4, -0.2) is 30.1 Å². The Morgan fingerprint density at radius 2 is 2.24 bits per heavy atom. The lowest BCUT2D eigenvalue weighted by atomic mass is 10.3. The number of nitro groups is 1. The third-order valence-electron chi connectivity index (χ3n) is 2.69. The first-order valence-corrected chi connectivity index (χ1v) is 7.68. The number of nitrogens with zero attached hydrogens (tertiary/aromatic N) is 6. The summed E-state index contributed by atoms with van der Waals surface area (Å²) in [5.41, 5.74) is 0.798. The van der Waals surface area contributed by atoms with Crippen molar-refractivity contribution < 1.29 is 4.92 Å². The van der Waals surface area contributed by atoms with Gasteiger partial charge in [-0.15, -0.1) is 16.4 Å². The van der Waals surface area contributed by atoms with Crippen LogP contribution in [0.5, 0.6) is 0 Å². The van der Waals surface area contributed by atoms with Crippen molar-refractivity contribution in [3.63, 3.8) is 0 Å². The molecule has 0 saturated heterocycles. The van der Waals surface area contributed by atoms with Crippen molar-refractivity contribution in [2.45, 2.75) is 29.4 Å². The summed E-state index contributed by atoms with van der Waals surface area (Å²) in [5.74, 6) is 0. The summed E-state index contributed by atoms with van der Waals surface area (Å²) < 4.78 is 3.23. The van der Waals surface area contributed by atoms with Gasteiger partial charge in [-0.2, -0.15) is 0 Å². The minimum Gasteiger partial charge on any atom is -0.258 e. The largest absolute Gasteiger partial charge is 0.270 e. The zero-order valence-corrected chi connectivity index (χ0v) is 12.8. The van der Waals surface area contributed by atoms with Crippen LogP contribution in [0.4, 0.5) is 5.69 Å². The van der Waals surface area contributed by atoms with Crippen molar-refractivity contribution in [2.75, 3.05) is 0 Å². The Balaban J connectivity index is 1.94. The first-order chi connectivity index (χ1) is 10.0. The molecular formula is C11H10N6O2S2. The van der Waals surface area contributed by atoms with Gasteiger partial charge in [-0.05, 0) is 42.1 Å². The molecule has 0 aliphatic rings. The molecule has 0 bridgehead atoms. The van der Waals surface area contributed by atoms with Crippen LogP contribution in [0.3, 0.4) is 0 Å². The Bertz CT molecular complexity index is 812. The molecule has 0 spiro atoms. The van der Waals surface area contributed by atoms with E-state index in [1.165, 1.54) is 35.2 Å². The van der Waals surface area contributed by atoms with Gasteiger partial charge in [-0.25, -0.2) is 9.67 Å². The second kappa shape index (κ2) is 5.37. The first kappa shape index (κ1) is 13.9. The average molecular weight is 322 g/mol. The van der Waals surface area contributed by atoms with Gasteiger partial charge >= 0.3 is 0 Å². The van der Waals surface area contributed by atoms with Crippen LogP contribution in [0.1, 0.15) is 19.9 Å². The molecule has 0 aliphatic heterocycles. The summed E-state index contributed by atoms with van der Waals surface area (Å²) in [5, 5.41) is 23.0. The van der Waals surface area contributed by atoms with Crippen molar-refractivity contribution >= 4 is 39.0 Å². The minimum absolute atomic E-state index is 0.0645. The molecule has 3 rings (SSSR count). The normalized spacial score (nSPS) is 11.4. The van der Waals surface area contributed by atoms with E-state index >= 15 is 0 Å². The SMILES string of the molecule is CC(C)n1nnnc1Sc1nc2ccc([N+](=O)[O-])cc2s1. The maximum atomic E-state index is 10.8. The fourth-order valence-electron chi connectivity index (χ4n) is 1.70. The predicted octanol–water partition coefficient (Wildman–Crippen LogP) is 2.92. The lowest BCUT2D eigenvalue weighted by Crippen LogP contribution is -2.04. The van der Waals surface area contributed by atoms with Crippen LogP contribution in [0.2, 0.25) is 0 Å². The number of nitro benzene ring substituents is 1. The van der Waals surface area contributed by atoms with Gasteiger partial charge in [0.15, 0.2) is 4.34 Å². The Kier molecular flexibility index (Phi) is 3.55. The highest BCUT2D eigenvalue weighted by molar-refractivity contribution is 8.01. The lowest BCUT2D eigenvalue weighted by molar-refractivity contribution is -0.384. The van der Waals surface area contributed by atoms with E-state index in [4.69, 9.17) is 0 Å². The summed E-state index contributed by atoms with van der Waals surface area (Å²) >= 11 is 2.74. The predicted molar refractivity (Wildman–Crippen MR) is 78.6 cm³/mol. The molecule has 21 heavy (non-hydrogen) atoms. The number of fused-ring (bicyclic) bond motifs is 1. The van der Waals surface area contributed by atoms with Gasteiger partial charge in [0.05, 0.1) is 21.2 Å². The molecule has 0 N–H and O–H groups in total. The quantitative estimate of drug-likeness (QED) is 0.537. The molecule has 2 aromatic heterocycles. The average Bonchev–Trinajstić information content (AvgIpc) is 3.03. The maximum Gasteiger partial charge on any atom is 0.270 e. The fraction of sp³-hybridized carbons (Fsp3) is 0.273. The molecule has 108 valence electrons. The second-order valence-corrected chi connectivity index (χ2v) is 6.74. The van der Waals surface area contributed by atoms with Gasteiger partial charge in [-0.1, -0.05) is 0 Å². The number of thiazole rings is 1. The summed E-state index contributed by atoms with van der Waals surface area (Å²) in [6.07, 6.45) is 0. The van der Waals surface area contributed by atoms with E-state index in [1.807, 2.05) is 13.8 Å². The summed E-state index contributed by atoms with van der Waals surface area (Å²) in [7, 11) is 0. The van der Waals surface area contributed by atoms with Gasteiger partial charge in [0, 0.05) is 12.1 Å². The highest BCUT2D eigenvalue weighted by Gasteiger charge is 2.15. The molecule has 1 aromatic carbocycles. The number of aromatic nitrogens is 5. The third kappa shape index (κ3) is 2.72. The number of hydrogen-bond donors (Lipinski definition) is 0. The van der Waals surface area contributed by atoms with Crippen molar-refractivity contribution in [1.29, 1.82) is 0 Å². The molecule has 0 fully saturated rings. The molecule has 8 nitrogen and oxygen atoms in total. The standard InChI is InChI=1S/C11H10N6O2S2/c1-6(2)16-10(13-14-15-16)21-11-12-8-4-3-7(17(18)19)5-9(8)20-11/h3-6H,1-2H3. The molecule has 0 aliphatic carbocycles. The highest BCUT2D eigenvalue weighted by atomic mass is 32.2. The summed E-state index contributed by atoms with van der Waals surface area (Å²) in [6, 6.07) is 4.79. The smallest absolute Gasteiger partial charge is 0.258 e. The first-order valence-electron chi connectivity index (χ1n) is 6.05. The van der Waals surface area contributed by atoms with Gasteiger partial charge in [0.1, 0.15) is 0 Å². The van der Waals surface area contributed by atoms with E-state index < -0.39 is 4.92 Å². The fourth-order valence-corrected chi connectivity index (χ4v) is 3.81. The zero-order valence-electron chi connectivity index (χ0n) is 11.1. The summed E-state index contributed by atoms with van der Waals surface area (Å²) in [6.45, 7) is 3.98. The van der Waals surface area contributed by atoms with Crippen LogP contribution in [0, 0.1) is 10.1 Å². The van der Waals surface area contributed by atoms with Crippen LogP contribution in [0.15, 0.2) is 27.7 Å². The van der Waals surface area contributed by atoms with Crippen LogP contribution < -0.4 is 0 Å². The van der Waals surface area contributed by atoms with E-state index in [2.05, 4.69) is 20.5 Å². The van der Waals surface area contributed by atoms with Crippen LogP contribution >= 0.6 is 23.1 Å². The minimum atomic E-state index is -0.411. The molecule has 0 atom stereocenters. The Morgan fingerprint density at radius 1 is 1.43 bits per heavy atom. The summed E-state index contributed by atoms with van der Waals surface area (Å²) in [4.78, 5) is 14.8. The van der Waals surface area contributed by atoms with Crippen molar-refractivity contribution in [2.24, 2.45) is 0 Å². The van der Waals surface area contributed by atoms with Gasteiger partial charge < -0.3 is 0 Å². The molecular weight excluding hydrogens is 312 g/mol. The Hall–Kier alpha value is -2.07. The van der Waals surface area contributed by atoms with Crippen molar-refractivity contribution in [1.82, 2.24) is 25.2 Å². The van der Waals surface area contributed by atoms with E-state index in [0.29, 0.717) is 5.16 Å². The number of benzene rings is 1. The van der Waals surface area contributed by atoms with Gasteiger partial charge in [0.25, 0.3) is 5.69 Å². The number of hydrogen-bond acceptors (Lipinski definition) is 8. The second-order valence-electron chi connectivity index (χ2n) is 4.49. The monoisotopic (exact) mass is 322 g/mol. The molecule has 0 amide bonds. The van der Waals surface area contributed by atoms with Crippen LogP contribution in [0.25, 0.3) is 10.2 Å². The van der Waals surface area contributed by atoms with E-state index in [1.54, 1.807) is 10.7 Å². The van der Waals surface area contributed by atoms with Gasteiger partial charge in [0.2, 0.25) is 5.16 Å². The van der Waals surface area contributed by atoms with E-state index in [0.717, 1.165) is 14.6 Å². The number of non-ortho nitro benzene ring substituents is 1. The molecule has 3 aromatic rings. The topological polar surface area (TPSA) is 99.6 Å². The van der Waals surface area contributed by atoms with Gasteiger partial charge in [-0.3, -0.25) is 10.1 Å². The van der Waals surface area contributed by atoms with E-state index in [-0.39, 0.29) is 11.7 Å². The molecule has 2 heterocycles. The van der Waals surface area contributed by atoms with Crippen molar-refractivity contribution in [3.05, 3.63) is 28.3 Å². The maximum absolute atomic E-state index is 10.8. The van der Waals surface area contributed by atoms with E-state index in [9.17, 15) is 10.1 Å². The molecule has 0 radical (unpaired) electrons. The number of tetrazole rings is 1. The molecule has 10 heteroatoms. The molecule has 0 saturated carbocycles. The zero-order chi connectivity index (χ0) is 15.0. The van der Waals surface area contributed by atoms with Crippen molar-refractivity contribution in [3.8, 4) is 0 Å². The lowest BCUT2D eigenvalue weighted by Gasteiger charge is -2.04. The Labute approximate surface area is 127 Å². The third-order valence-corrected chi connectivity index (χ3v) is 4.72. The Morgan fingerprint density at radius 3 is 2.95 bits per heavy atom. The molecule has 0 unspecified atom stereocenters.